The van der Waals surface area contributed by atoms with Crippen molar-refractivity contribution in [3.8, 4) is 0 Å². The van der Waals surface area contributed by atoms with E-state index in [-0.39, 0.29) is 13.2 Å². The van der Waals surface area contributed by atoms with Crippen LogP contribution in [-0.4, -0.2) is 30.9 Å². The molecule has 0 heterocycles. The van der Waals surface area contributed by atoms with Crippen LogP contribution < -0.4 is 11.2 Å². The molecule has 0 radical (unpaired) electrons. The van der Waals surface area contributed by atoms with Gasteiger partial charge in [-0.3, -0.25) is 5.43 Å². The van der Waals surface area contributed by atoms with Gasteiger partial charge in [0.1, 0.15) is 0 Å². The Morgan fingerprint density at radius 2 is 1.59 bits per heavy atom. The second-order valence-electron chi connectivity index (χ2n) is 4.50. The highest BCUT2D eigenvalue weighted by atomic mass is 16.6. The van der Waals surface area contributed by atoms with Gasteiger partial charge in [-0.25, -0.2) is 9.59 Å². The highest BCUT2D eigenvalue weighted by molar-refractivity contribution is 6.62. The largest absolute Gasteiger partial charge is 0.461 e. The van der Waals surface area contributed by atoms with Crippen LogP contribution in [0.25, 0.3) is 0 Å². The summed E-state index contributed by atoms with van der Waals surface area (Å²) in [5, 5.41) is 3.83. The average molecular weight is 307 g/mol. The average Bonchev–Trinajstić information content (AvgIpc) is 2.47. The van der Waals surface area contributed by atoms with E-state index in [2.05, 4.69) is 10.5 Å². The molecule has 7 heteroatoms. The third-order valence-electron chi connectivity index (χ3n) is 2.89. The SMILES string of the molecule is CCOC(=O)C(=NNc1c(C)ccc(C)c1N)C(=O)OCC. The quantitative estimate of drug-likeness (QED) is 0.273. The summed E-state index contributed by atoms with van der Waals surface area (Å²) >= 11 is 0. The number of hydrazone groups is 1. The van der Waals surface area contributed by atoms with Crippen LogP contribution in [0, 0.1) is 13.8 Å². The van der Waals surface area contributed by atoms with Gasteiger partial charge in [0.05, 0.1) is 24.6 Å². The lowest BCUT2D eigenvalue weighted by molar-refractivity contribution is -0.140. The highest BCUT2D eigenvalue weighted by Crippen LogP contribution is 2.26. The zero-order chi connectivity index (χ0) is 16.7. The van der Waals surface area contributed by atoms with Crippen molar-refractivity contribution in [1.82, 2.24) is 0 Å². The number of nitrogens with zero attached hydrogens (tertiary/aromatic N) is 1. The Balaban J connectivity index is 3.11. The maximum absolute atomic E-state index is 11.8. The second-order valence-corrected chi connectivity index (χ2v) is 4.50. The fraction of sp³-hybridized carbons (Fsp3) is 0.400. The number of ether oxygens (including phenoxy) is 2. The van der Waals surface area contributed by atoms with E-state index in [1.165, 1.54) is 0 Å². The molecular formula is C15H21N3O4. The predicted octanol–water partition coefficient (Wildman–Crippen LogP) is 1.78. The maximum Gasteiger partial charge on any atom is 0.366 e. The standard InChI is InChI=1S/C15H21N3O4/c1-5-21-14(19)13(15(20)22-6-2)18-17-12-10(4)8-7-9(3)11(12)16/h7-8,17H,5-6,16H2,1-4H3. The molecule has 0 aromatic heterocycles. The molecule has 0 amide bonds. The lowest BCUT2D eigenvalue weighted by Gasteiger charge is -2.12. The molecule has 0 aliphatic heterocycles. The number of aryl methyl sites for hydroxylation is 2. The maximum atomic E-state index is 11.8. The lowest BCUT2D eigenvalue weighted by Crippen LogP contribution is -2.29. The molecule has 0 fully saturated rings. The molecule has 120 valence electrons. The third-order valence-corrected chi connectivity index (χ3v) is 2.89. The smallest absolute Gasteiger partial charge is 0.366 e. The number of carbonyl (C=O) groups excluding carboxylic acids is 2. The normalized spacial score (nSPS) is 9.82. The molecule has 0 saturated carbocycles. The van der Waals surface area contributed by atoms with E-state index >= 15 is 0 Å². The molecule has 1 aromatic carbocycles. The number of anilines is 2. The van der Waals surface area contributed by atoms with Crippen molar-refractivity contribution in [2.45, 2.75) is 27.7 Å². The van der Waals surface area contributed by atoms with Gasteiger partial charge in [-0.15, -0.1) is 0 Å². The molecule has 3 N–H and O–H groups in total. The van der Waals surface area contributed by atoms with Crippen molar-refractivity contribution in [3.05, 3.63) is 23.3 Å². The van der Waals surface area contributed by atoms with Gasteiger partial charge in [-0.05, 0) is 38.8 Å². The van der Waals surface area contributed by atoms with Gasteiger partial charge in [-0.2, -0.15) is 5.10 Å². The van der Waals surface area contributed by atoms with Gasteiger partial charge in [0.2, 0.25) is 0 Å². The minimum Gasteiger partial charge on any atom is -0.461 e. The van der Waals surface area contributed by atoms with Crippen LogP contribution in [-0.2, 0) is 19.1 Å². The number of hydrogen-bond donors (Lipinski definition) is 2. The highest BCUT2D eigenvalue weighted by Gasteiger charge is 2.24. The molecule has 7 nitrogen and oxygen atoms in total. The van der Waals surface area contributed by atoms with Crippen molar-refractivity contribution >= 4 is 29.0 Å². The Morgan fingerprint density at radius 1 is 1.09 bits per heavy atom. The van der Waals surface area contributed by atoms with E-state index in [4.69, 9.17) is 15.2 Å². The Labute approximate surface area is 129 Å². The summed E-state index contributed by atoms with van der Waals surface area (Å²) in [5.74, 6) is -1.70. The van der Waals surface area contributed by atoms with E-state index in [9.17, 15) is 9.59 Å². The van der Waals surface area contributed by atoms with Crippen LogP contribution in [0.4, 0.5) is 11.4 Å². The number of esters is 2. The van der Waals surface area contributed by atoms with Crippen molar-refractivity contribution in [2.24, 2.45) is 5.10 Å². The van der Waals surface area contributed by atoms with Crippen LogP contribution in [0.3, 0.4) is 0 Å². The Hall–Kier alpha value is -2.57. The van der Waals surface area contributed by atoms with Gasteiger partial charge < -0.3 is 15.2 Å². The van der Waals surface area contributed by atoms with Crippen LogP contribution >= 0.6 is 0 Å². The molecule has 0 saturated heterocycles. The minimum atomic E-state index is -0.850. The van der Waals surface area contributed by atoms with Gasteiger partial charge in [0.15, 0.2) is 0 Å². The number of hydrogen-bond acceptors (Lipinski definition) is 7. The van der Waals surface area contributed by atoms with Crippen molar-refractivity contribution < 1.29 is 19.1 Å². The topological polar surface area (TPSA) is 103 Å². The lowest BCUT2D eigenvalue weighted by atomic mass is 10.1. The Morgan fingerprint density at radius 3 is 2.09 bits per heavy atom. The summed E-state index contributed by atoms with van der Waals surface area (Å²) < 4.78 is 9.60. The number of carbonyl (C=O) groups is 2. The number of nitrogen functional groups attached to an aromatic ring is 1. The van der Waals surface area contributed by atoms with E-state index < -0.39 is 17.7 Å². The molecular weight excluding hydrogens is 286 g/mol. The first-order valence-corrected chi connectivity index (χ1v) is 6.95. The molecule has 0 aliphatic carbocycles. The first-order valence-electron chi connectivity index (χ1n) is 6.95. The van der Waals surface area contributed by atoms with Crippen LogP contribution in [0.5, 0.6) is 0 Å². The Kier molecular flexibility index (Phi) is 6.37. The number of nitrogens with one attached hydrogen (secondary N) is 1. The van der Waals surface area contributed by atoms with Crippen LogP contribution in [0.1, 0.15) is 25.0 Å². The molecule has 0 spiro atoms. The number of nitrogens with two attached hydrogens (primary N) is 1. The summed E-state index contributed by atoms with van der Waals surface area (Å²) in [4.78, 5) is 23.6. The Bertz CT molecular complexity index is 577. The first-order chi connectivity index (χ1) is 10.4. The zero-order valence-corrected chi connectivity index (χ0v) is 13.2. The minimum absolute atomic E-state index is 0.128. The summed E-state index contributed by atoms with van der Waals surface area (Å²) in [7, 11) is 0. The third kappa shape index (κ3) is 4.21. The van der Waals surface area contributed by atoms with Gasteiger partial charge in [0.25, 0.3) is 5.71 Å². The van der Waals surface area contributed by atoms with Crippen LogP contribution in [0.2, 0.25) is 0 Å². The summed E-state index contributed by atoms with van der Waals surface area (Å²) in [5.41, 5.74) is 10.9. The van der Waals surface area contributed by atoms with E-state index in [0.717, 1.165) is 11.1 Å². The van der Waals surface area contributed by atoms with Crippen molar-refractivity contribution in [1.29, 1.82) is 0 Å². The molecule has 0 unspecified atom stereocenters. The van der Waals surface area contributed by atoms with E-state index in [1.54, 1.807) is 13.8 Å². The zero-order valence-electron chi connectivity index (χ0n) is 13.2. The molecule has 0 aliphatic rings. The molecule has 0 bridgehead atoms. The first kappa shape index (κ1) is 17.5. The molecule has 1 aromatic rings. The van der Waals surface area contributed by atoms with Crippen molar-refractivity contribution in [2.75, 3.05) is 24.4 Å². The summed E-state index contributed by atoms with van der Waals surface area (Å²) in [6.45, 7) is 7.21. The van der Waals surface area contributed by atoms with E-state index in [1.807, 2.05) is 26.0 Å². The van der Waals surface area contributed by atoms with Crippen molar-refractivity contribution in [3.63, 3.8) is 0 Å². The summed E-state index contributed by atoms with van der Waals surface area (Å²) in [6.07, 6.45) is 0. The van der Waals surface area contributed by atoms with Gasteiger partial charge in [-0.1, -0.05) is 12.1 Å². The molecule has 1 rings (SSSR count). The molecule has 0 atom stereocenters. The second kappa shape index (κ2) is 8.02. The van der Waals surface area contributed by atoms with Gasteiger partial charge in [0, 0.05) is 0 Å². The predicted molar refractivity (Wildman–Crippen MR) is 84.7 cm³/mol. The fourth-order valence-corrected chi connectivity index (χ4v) is 1.67. The van der Waals surface area contributed by atoms with Crippen LogP contribution in [0.15, 0.2) is 17.2 Å². The number of rotatable bonds is 6. The fourth-order valence-electron chi connectivity index (χ4n) is 1.67. The van der Waals surface area contributed by atoms with Gasteiger partial charge >= 0.3 is 11.9 Å². The molecule has 22 heavy (non-hydrogen) atoms. The monoisotopic (exact) mass is 307 g/mol. The number of benzene rings is 1. The van der Waals surface area contributed by atoms with E-state index in [0.29, 0.717) is 11.4 Å². The summed E-state index contributed by atoms with van der Waals surface area (Å²) in [6, 6.07) is 3.73.